The van der Waals surface area contributed by atoms with Crippen molar-refractivity contribution in [2.24, 2.45) is 0 Å². The second kappa shape index (κ2) is 12.1. The van der Waals surface area contributed by atoms with Crippen molar-refractivity contribution < 1.29 is 0 Å². The van der Waals surface area contributed by atoms with E-state index in [9.17, 15) is 0 Å². The third-order valence-corrected chi connectivity index (χ3v) is 11.9. The van der Waals surface area contributed by atoms with Gasteiger partial charge in [0.2, 0.25) is 0 Å². The number of hydrogen-bond donors (Lipinski definition) is 0. The molecule has 3 aliphatic rings. The Hall–Kier alpha value is -5.86. The monoisotopic (exact) mass is 670 g/mol. The number of anilines is 5. The van der Waals surface area contributed by atoms with Crippen LogP contribution in [0.3, 0.4) is 0 Å². The van der Waals surface area contributed by atoms with E-state index >= 15 is 0 Å². The molecule has 0 amide bonds. The third kappa shape index (κ3) is 5.00. The highest BCUT2D eigenvalue weighted by atomic mass is 15.2. The van der Waals surface area contributed by atoms with Gasteiger partial charge in [-0.2, -0.15) is 0 Å². The Labute approximate surface area is 307 Å². The topological polar surface area (TPSA) is 6.48 Å². The summed E-state index contributed by atoms with van der Waals surface area (Å²) < 4.78 is 0. The molecule has 2 heteroatoms. The van der Waals surface area contributed by atoms with Gasteiger partial charge in [0.05, 0.1) is 0 Å². The summed E-state index contributed by atoms with van der Waals surface area (Å²) in [6.45, 7) is 4.73. The Balaban J connectivity index is 1.08. The number of aryl methyl sites for hydroxylation is 2. The standard InChI is InChI=1S/C50H42N2/c1-50(2)46-20-8-7-19-44(46)45-28-27-43(33-47(45)50)51(41-17-10-15-36(31-41)34-12-4-3-5-13-34)42-18-11-16-37(32-42)38-24-29-49-39(30-38)23-26-40-25-22-35-14-6-9-21-48(35)52(40)49/h3-21,24,27-33,40H,22-23,25-26H2,1-2H3. The van der Waals surface area contributed by atoms with Crippen LogP contribution < -0.4 is 9.80 Å². The first kappa shape index (κ1) is 30.9. The normalized spacial score (nSPS) is 16.3. The van der Waals surface area contributed by atoms with Crippen LogP contribution in [-0.2, 0) is 18.3 Å². The fourth-order valence-electron chi connectivity index (χ4n) is 9.29. The fraction of sp³-hybridized carbons (Fsp3) is 0.160. The number of rotatable bonds is 5. The van der Waals surface area contributed by atoms with E-state index in [4.69, 9.17) is 0 Å². The van der Waals surface area contributed by atoms with E-state index in [2.05, 4.69) is 187 Å². The van der Waals surface area contributed by atoms with Crippen molar-refractivity contribution in [1.82, 2.24) is 0 Å². The average Bonchev–Trinajstić information content (AvgIpc) is 3.43. The van der Waals surface area contributed by atoms with Gasteiger partial charge in [0.15, 0.2) is 0 Å². The van der Waals surface area contributed by atoms with E-state index in [1.807, 2.05) is 0 Å². The van der Waals surface area contributed by atoms with Crippen LogP contribution in [0.1, 0.15) is 48.9 Å². The molecule has 2 aliphatic heterocycles. The van der Waals surface area contributed by atoms with Crippen LogP contribution in [0, 0.1) is 0 Å². The molecule has 0 saturated carbocycles. The molecule has 1 unspecified atom stereocenters. The summed E-state index contributed by atoms with van der Waals surface area (Å²) in [5, 5.41) is 0. The largest absolute Gasteiger partial charge is 0.338 e. The van der Waals surface area contributed by atoms with Gasteiger partial charge in [-0.1, -0.05) is 123 Å². The number of fused-ring (bicyclic) bond motifs is 8. The Morgan fingerprint density at radius 2 is 1.06 bits per heavy atom. The summed E-state index contributed by atoms with van der Waals surface area (Å²) in [5.74, 6) is 0. The van der Waals surface area contributed by atoms with Crippen LogP contribution in [0.15, 0.2) is 164 Å². The van der Waals surface area contributed by atoms with Crippen LogP contribution >= 0.6 is 0 Å². The molecule has 0 N–H and O–H groups in total. The van der Waals surface area contributed by atoms with Gasteiger partial charge in [-0.05, 0) is 136 Å². The van der Waals surface area contributed by atoms with Crippen molar-refractivity contribution in [3.05, 3.63) is 186 Å². The first-order chi connectivity index (χ1) is 25.5. The molecule has 10 rings (SSSR count). The number of hydrogen-bond acceptors (Lipinski definition) is 2. The summed E-state index contributed by atoms with van der Waals surface area (Å²) in [5.41, 5.74) is 19.5. The van der Waals surface area contributed by atoms with E-state index in [0.717, 1.165) is 17.8 Å². The Kier molecular flexibility index (Phi) is 7.21. The minimum absolute atomic E-state index is 0.0850. The predicted molar refractivity (Wildman–Crippen MR) is 219 cm³/mol. The van der Waals surface area contributed by atoms with E-state index in [1.165, 1.54) is 92.0 Å². The lowest BCUT2D eigenvalue weighted by atomic mass is 9.82. The Morgan fingerprint density at radius 1 is 0.462 bits per heavy atom. The van der Waals surface area contributed by atoms with Crippen LogP contribution in [0.5, 0.6) is 0 Å². The molecule has 52 heavy (non-hydrogen) atoms. The highest BCUT2D eigenvalue weighted by molar-refractivity contribution is 5.87. The molecule has 0 radical (unpaired) electrons. The zero-order valence-corrected chi connectivity index (χ0v) is 29.9. The molecule has 2 nitrogen and oxygen atoms in total. The summed E-state index contributed by atoms with van der Waals surface area (Å²) in [4.78, 5) is 5.08. The molecular weight excluding hydrogens is 629 g/mol. The van der Waals surface area contributed by atoms with Crippen LogP contribution in [-0.4, -0.2) is 6.04 Å². The summed E-state index contributed by atoms with van der Waals surface area (Å²) >= 11 is 0. The molecule has 2 heterocycles. The maximum Gasteiger partial charge on any atom is 0.0467 e. The minimum atomic E-state index is -0.0850. The molecular formula is C50H42N2. The van der Waals surface area contributed by atoms with Crippen molar-refractivity contribution in [1.29, 1.82) is 0 Å². The molecule has 1 atom stereocenters. The van der Waals surface area contributed by atoms with Crippen molar-refractivity contribution in [2.45, 2.75) is 51.0 Å². The number of benzene rings is 7. The Bertz CT molecular complexity index is 2470. The van der Waals surface area contributed by atoms with Gasteiger partial charge in [-0.3, -0.25) is 0 Å². The maximum absolute atomic E-state index is 2.63. The zero-order valence-electron chi connectivity index (χ0n) is 29.9. The highest BCUT2D eigenvalue weighted by Crippen LogP contribution is 2.51. The van der Waals surface area contributed by atoms with E-state index in [0.29, 0.717) is 6.04 Å². The smallest absolute Gasteiger partial charge is 0.0467 e. The Morgan fingerprint density at radius 3 is 1.87 bits per heavy atom. The summed E-state index contributed by atoms with van der Waals surface area (Å²) in [7, 11) is 0. The van der Waals surface area contributed by atoms with Gasteiger partial charge in [0.1, 0.15) is 0 Å². The van der Waals surface area contributed by atoms with Gasteiger partial charge in [0, 0.05) is 39.9 Å². The minimum Gasteiger partial charge on any atom is -0.338 e. The predicted octanol–water partition coefficient (Wildman–Crippen LogP) is 13.2. The maximum atomic E-state index is 2.63. The first-order valence-electron chi connectivity index (χ1n) is 18.8. The van der Waals surface area contributed by atoms with E-state index < -0.39 is 0 Å². The van der Waals surface area contributed by atoms with Gasteiger partial charge in [0.25, 0.3) is 0 Å². The lowest BCUT2D eigenvalue weighted by Crippen LogP contribution is -2.39. The molecule has 7 aromatic rings. The van der Waals surface area contributed by atoms with Crippen molar-refractivity contribution >= 4 is 28.4 Å². The lowest BCUT2D eigenvalue weighted by molar-refractivity contribution is 0.518. The average molecular weight is 671 g/mol. The second-order valence-electron chi connectivity index (χ2n) is 15.3. The lowest BCUT2D eigenvalue weighted by Gasteiger charge is -2.43. The second-order valence-corrected chi connectivity index (χ2v) is 15.3. The van der Waals surface area contributed by atoms with E-state index in [-0.39, 0.29) is 5.41 Å². The summed E-state index contributed by atoms with van der Waals surface area (Å²) in [6.07, 6.45) is 4.73. The number of para-hydroxylation sites is 1. The highest BCUT2D eigenvalue weighted by Gasteiger charge is 2.36. The molecule has 0 fully saturated rings. The van der Waals surface area contributed by atoms with Gasteiger partial charge >= 0.3 is 0 Å². The van der Waals surface area contributed by atoms with E-state index in [1.54, 1.807) is 0 Å². The van der Waals surface area contributed by atoms with Gasteiger partial charge in [-0.15, -0.1) is 0 Å². The number of nitrogens with zero attached hydrogens (tertiary/aromatic N) is 2. The zero-order chi connectivity index (χ0) is 34.8. The SMILES string of the molecule is CC1(C)c2ccccc2-c2ccc(N(c3cccc(-c4ccccc4)c3)c3cccc(-c4ccc5c(c4)CCC4CCc6ccccc6N54)c3)cc21. The van der Waals surface area contributed by atoms with Gasteiger partial charge in [-0.25, -0.2) is 0 Å². The van der Waals surface area contributed by atoms with Crippen LogP contribution in [0.2, 0.25) is 0 Å². The molecule has 252 valence electrons. The summed E-state index contributed by atoms with van der Waals surface area (Å²) in [6, 6.07) is 61.6. The van der Waals surface area contributed by atoms with Crippen molar-refractivity contribution in [2.75, 3.05) is 9.80 Å². The quantitative estimate of drug-likeness (QED) is 0.180. The molecule has 0 bridgehead atoms. The van der Waals surface area contributed by atoms with Crippen molar-refractivity contribution in [3.8, 4) is 33.4 Å². The molecule has 0 spiro atoms. The molecule has 7 aromatic carbocycles. The van der Waals surface area contributed by atoms with Gasteiger partial charge < -0.3 is 9.80 Å². The molecule has 0 aromatic heterocycles. The fourth-order valence-corrected chi connectivity index (χ4v) is 9.29. The first-order valence-corrected chi connectivity index (χ1v) is 18.8. The van der Waals surface area contributed by atoms with Crippen LogP contribution in [0.25, 0.3) is 33.4 Å². The molecule has 0 saturated heterocycles. The molecule has 1 aliphatic carbocycles. The van der Waals surface area contributed by atoms with Crippen molar-refractivity contribution in [3.63, 3.8) is 0 Å². The van der Waals surface area contributed by atoms with Crippen LogP contribution in [0.4, 0.5) is 28.4 Å². The third-order valence-electron chi connectivity index (χ3n) is 11.9.